The highest BCUT2D eigenvalue weighted by molar-refractivity contribution is 6.74. The molecule has 4 rings (SSSR count). The number of nitriles is 1. The standard InChI is InChI=1S/C31H35N3O3Si/c1-31(2,3)38(4,5)37-28(30-33-21-29(36-30)27-13-9-10-25(20-32)34-27)19-18-23-14-16-24(17-15-23)22-35-26-11-7-6-8-12-26/h6-17,21,28H,18-19,22H2,1-5H3. The van der Waals surface area contributed by atoms with Crippen LogP contribution in [-0.2, 0) is 17.5 Å². The Morgan fingerprint density at radius 2 is 1.66 bits per heavy atom. The number of rotatable bonds is 10. The van der Waals surface area contributed by atoms with Gasteiger partial charge in [-0.2, -0.15) is 5.26 Å². The highest BCUT2D eigenvalue weighted by Crippen LogP contribution is 2.41. The van der Waals surface area contributed by atoms with Crippen LogP contribution in [0.1, 0.15) is 56.0 Å². The van der Waals surface area contributed by atoms with E-state index in [-0.39, 0.29) is 11.1 Å². The molecule has 0 saturated heterocycles. The number of oxazole rings is 1. The molecule has 6 nitrogen and oxygen atoms in total. The van der Waals surface area contributed by atoms with Crippen molar-refractivity contribution < 1.29 is 13.6 Å². The highest BCUT2D eigenvalue weighted by Gasteiger charge is 2.40. The van der Waals surface area contributed by atoms with Gasteiger partial charge < -0.3 is 13.6 Å². The van der Waals surface area contributed by atoms with Gasteiger partial charge in [0.15, 0.2) is 14.1 Å². The SMILES string of the molecule is CC(C)(C)[Si](C)(C)OC(CCc1ccc(COc2ccccc2)cc1)c1ncc(-c2cccc(C#N)n2)o1. The van der Waals surface area contributed by atoms with Gasteiger partial charge in [-0.1, -0.05) is 69.3 Å². The Balaban J connectivity index is 1.48. The maximum absolute atomic E-state index is 9.20. The molecule has 2 aromatic carbocycles. The van der Waals surface area contributed by atoms with Crippen LogP contribution in [0.25, 0.3) is 11.5 Å². The molecule has 7 heteroatoms. The van der Waals surface area contributed by atoms with Gasteiger partial charge in [0.25, 0.3) is 0 Å². The molecule has 0 N–H and O–H groups in total. The maximum atomic E-state index is 9.20. The van der Waals surface area contributed by atoms with Gasteiger partial charge in [-0.15, -0.1) is 0 Å². The average molecular weight is 526 g/mol. The molecule has 0 spiro atoms. The molecule has 196 valence electrons. The second-order valence-corrected chi connectivity index (χ2v) is 15.7. The van der Waals surface area contributed by atoms with Crippen molar-refractivity contribution in [3.8, 4) is 23.3 Å². The molecule has 0 aliphatic heterocycles. The van der Waals surface area contributed by atoms with Gasteiger partial charge in [0, 0.05) is 0 Å². The van der Waals surface area contributed by atoms with E-state index in [4.69, 9.17) is 13.6 Å². The summed E-state index contributed by atoms with van der Waals surface area (Å²) < 4.78 is 18.8. The quantitative estimate of drug-likeness (QED) is 0.196. The number of aryl methyl sites for hydroxylation is 1. The van der Waals surface area contributed by atoms with Gasteiger partial charge in [0.2, 0.25) is 5.89 Å². The zero-order chi connectivity index (χ0) is 27.2. The molecule has 0 amide bonds. The minimum Gasteiger partial charge on any atom is -0.489 e. The molecule has 1 unspecified atom stereocenters. The van der Waals surface area contributed by atoms with Crippen molar-refractivity contribution in [3.63, 3.8) is 0 Å². The van der Waals surface area contributed by atoms with E-state index >= 15 is 0 Å². The van der Waals surface area contributed by atoms with Crippen LogP contribution in [0.4, 0.5) is 0 Å². The van der Waals surface area contributed by atoms with E-state index in [9.17, 15) is 5.26 Å². The smallest absolute Gasteiger partial charge is 0.222 e. The Kier molecular flexibility index (Phi) is 8.45. The first-order valence-corrected chi connectivity index (χ1v) is 15.8. The van der Waals surface area contributed by atoms with Crippen molar-refractivity contribution in [3.05, 3.63) is 102 Å². The second kappa shape index (κ2) is 11.8. The van der Waals surface area contributed by atoms with Crippen molar-refractivity contribution in [1.29, 1.82) is 5.26 Å². The Morgan fingerprint density at radius 3 is 2.34 bits per heavy atom. The van der Waals surface area contributed by atoms with E-state index < -0.39 is 8.32 Å². The molecule has 0 aliphatic rings. The summed E-state index contributed by atoms with van der Waals surface area (Å²) in [7, 11) is -2.10. The zero-order valence-corrected chi connectivity index (χ0v) is 23.8. The van der Waals surface area contributed by atoms with Crippen LogP contribution < -0.4 is 4.74 Å². The third-order valence-corrected chi connectivity index (χ3v) is 11.5. The van der Waals surface area contributed by atoms with Crippen molar-refractivity contribution in [1.82, 2.24) is 9.97 Å². The number of hydrogen-bond acceptors (Lipinski definition) is 6. The third-order valence-electron chi connectivity index (χ3n) is 7.03. The lowest BCUT2D eigenvalue weighted by Gasteiger charge is -2.38. The molecule has 0 fully saturated rings. The van der Waals surface area contributed by atoms with Crippen LogP contribution in [0.2, 0.25) is 18.1 Å². The first-order valence-electron chi connectivity index (χ1n) is 12.9. The molecule has 0 bridgehead atoms. The Bertz CT molecular complexity index is 1370. The van der Waals surface area contributed by atoms with E-state index in [0.717, 1.165) is 24.2 Å². The number of pyridine rings is 1. The van der Waals surface area contributed by atoms with E-state index in [2.05, 4.69) is 74.2 Å². The summed E-state index contributed by atoms with van der Waals surface area (Å²) in [6.07, 6.45) is 2.93. The summed E-state index contributed by atoms with van der Waals surface area (Å²) in [5.41, 5.74) is 3.26. The third kappa shape index (κ3) is 6.97. The van der Waals surface area contributed by atoms with Gasteiger partial charge in [-0.3, -0.25) is 0 Å². The summed E-state index contributed by atoms with van der Waals surface area (Å²) >= 11 is 0. The average Bonchev–Trinajstić information content (AvgIpc) is 3.41. The molecular weight excluding hydrogens is 490 g/mol. The Labute approximate surface area is 226 Å². The zero-order valence-electron chi connectivity index (χ0n) is 22.8. The van der Waals surface area contributed by atoms with Crippen molar-refractivity contribution in [2.45, 2.75) is 64.5 Å². The normalized spacial score (nSPS) is 12.6. The maximum Gasteiger partial charge on any atom is 0.222 e. The van der Waals surface area contributed by atoms with Crippen LogP contribution in [0.15, 0.2) is 83.4 Å². The van der Waals surface area contributed by atoms with Gasteiger partial charge >= 0.3 is 0 Å². The van der Waals surface area contributed by atoms with Gasteiger partial charge in [-0.05, 0) is 66.4 Å². The predicted octanol–water partition coefficient (Wildman–Crippen LogP) is 7.88. The Morgan fingerprint density at radius 1 is 0.947 bits per heavy atom. The topological polar surface area (TPSA) is 81.2 Å². The van der Waals surface area contributed by atoms with Crippen LogP contribution in [0.5, 0.6) is 5.75 Å². The number of hydrogen-bond donors (Lipinski definition) is 0. The van der Waals surface area contributed by atoms with Crippen LogP contribution in [-0.4, -0.2) is 18.3 Å². The van der Waals surface area contributed by atoms with Crippen molar-refractivity contribution >= 4 is 8.32 Å². The largest absolute Gasteiger partial charge is 0.489 e. The van der Waals surface area contributed by atoms with Gasteiger partial charge in [0.05, 0.1) is 6.20 Å². The monoisotopic (exact) mass is 525 g/mol. The van der Waals surface area contributed by atoms with Crippen LogP contribution >= 0.6 is 0 Å². The van der Waals surface area contributed by atoms with Gasteiger partial charge in [-0.25, -0.2) is 9.97 Å². The molecule has 4 aromatic rings. The second-order valence-electron chi connectivity index (χ2n) is 10.9. The minimum atomic E-state index is -2.10. The number of para-hydroxylation sites is 1. The number of nitrogens with zero attached hydrogens (tertiary/aromatic N) is 3. The van der Waals surface area contributed by atoms with E-state index in [1.54, 1.807) is 18.3 Å². The lowest BCUT2D eigenvalue weighted by atomic mass is 10.1. The predicted molar refractivity (Wildman–Crippen MR) is 151 cm³/mol. The van der Waals surface area contributed by atoms with E-state index in [0.29, 0.717) is 29.6 Å². The Hall–Kier alpha value is -3.73. The fraction of sp³-hybridized carbons (Fsp3) is 0.323. The van der Waals surface area contributed by atoms with Crippen molar-refractivity contribution in [2.24, 2.45) is 0 Å². The van der Waals surface area contributed by atoms with E-state index in [1.807, 2.05) is 36.4 Å². The van der Waals surface area contributed by atoms with Crippen molar-refractivity contribution in [2.75, 3.05) is 0 Å². The summed E-state index contributed by atoms with van der Waals surface area (Å²) in [4.78, 5) is 8.93. The van der Waals surface area contributed by atoms with Crippen LogP contribution in [0, 0.1) is 11.3 Å². The summed E-state index contributed by atoms with van der Waals surface area (Å²) in [6, 6.07) is 25.7. The molecule has 0 saturated carbocycles. The fourth-order valence-electron chi connectivity index (χ4n) is 3.74. The van der Waals surface area contributed by atoms with Crippen LogP contribution in [0.3, 0.4) is 0 Å². The molecule has 2 aromatic heterocycles. The molecular formula is C31H35N3O3Si. The molecule has 0 aliphatic carbocycles. The minimum absolute atomic E-state index is 0.0454. The molecule has 1 atom stereocenters. The molecule has 38 heavy (non-hydrogen) atoms. The summed E-state index contributed by atoms with van der Waals surface area (Å²) in [5, 5.41) is 9.25. The number of aromatic nitrogens is 2. The van der Waals surface area contributed by atoms with Gasteiger partial charge in [0.1, 0.15) is 35.9 Å². The lowest BCUT2D eigenvalue weighted by Crippen LogP contribution is -2.42. The lowest BCUT2D eigenvalue weighted by molar-refractivity contribution is 0.143. The van der Waals surface area contributed by atoms with E-state index in [1.165, 1.54) is 5.56 Å². The molecule has 0 radical (unpaired) electrons. The number of ether oxygens (including phenoxy) is 1. The molecule has 2 heterocycles. The highest BCUT2D eigenvalue weighted by atomic mass is 28.4. The fourth-order valence-corrected chi connectivity index (χ4v) is 5.02. The number of benzene rings is 2. The summed E-state index contributed by atoms with van der Waals surface area (Å²) in [5.74, 6) is 1.94. The summed E-state index contributed by atoms with van der Waals surface area (Å²) in [6.45, 7) is 11.7. The first kappa shape index (κ1) is 27.3. The first-order chi connectivity index (χ1) is 18.1.